The Morgan fingerprint density at radius 3 is 2.88 bits per heavy atom. The Hall–Kier alpha value is -2.10. The number of nitrogens with one attached hydrogen (secondary N) is 1. The Labute approximate surface area is 93.6 Å². The summed E-state index contributed by atoms with van der Waals surface area (Å²) < 4.78 is 0. The zero-order valence-corrected chi connectivity index (χ0v) is 9.27. The molecule has 2 aromatic rings. The number of fused-ring (bicyclic) bond motifs is 1. The van der Waals surface area contributed by atoms with Gasteiger partial charge in [0.1, 0.15) is 5.69 Å². The van der Waals surface area contributed by atoms with Gasteiger partial charge in [0.2, 0.25) is 5.78 Å². The van der Waals surface area contributed by atoms with Crippen molar-refractivity contribution in [1.82, 2.24) is 15.1 Å². The highest BCUT2D eigenvalue weighted by molar-refractivity contribution is 6.11. The Kier molecular flexibility index (Phi) is 2.72. The van der Waals surface area contributed by atoms with Gasteiger partial charge in [-0.25, -0.2) is 0 Å². The number of benzene rings is 1. The average Bonchev–Trinajstić information content (AvgIpc) is 2.69. The van der Waals surface area contributed by atoms with Crippen LogP contribution in [0.15, 0.2) is 36.5 Å². The van der Waals surface area contributed by atoms with E-state index in [2.05, 4.69) is 10.2 Å². The summed E-state index contributed by atoms with van der Waals surface area (Å²) in [7, 11) is 3.73. The molecule has 0 aliphatic rings. The number of aromatic nitrogens is 2. The van der Waals surface area contributed by atoms with Crippen LogP contribution in [0.2, 0.25) is 0 Å². The number of nitrogens with zero attached hydrogens (tertiary/aromatic N) is 2. The van der Waals surface area contributed by atoms with Crippen molar-refractivity contribution in [3.8, 4) is 0 Å². The van der Waals surface area contributed by atoms with Crippen LogP contribution in [0.4, 0.5) is 0 Å². The van der Waals surface area contributed by atoms with Crippen LogP contribution in [0, 0.1) is 0 Å². The van der Waals surface area contributed by atoms with Crippen LogP contribution in [-0.2, 0) is 0 Å². The number of carbonyl (C=O) groups excluding carboxylic acids is 1. The third kappa shape index (κ3) is 1.95. The number of carbonyl (C=O) groups is 1. The predicted octanol–water partition coefficient (Wildman–Crippen LogP) is 1.82. The van der Waals surface area contributed by atoms with E-state index in [0.29, 0.717) is 5.69 Å². The highest BCUT2D eigenvalue weighted by atomic mass is 16.1. The fraction of sp³-hybridized carbons (Fsp3) is 0.167. The summed E-state index contributed by atoms with van der Waals surface area (Å²) in [5, 5.41) is 7.72. The van der Waals surface area contributed by atoms with Gasteiger partial charge in [-0.3, -0.25) is 9.89 Å². The summed E-state index contributed by atoms with van der Waals surface area (Å²) in [6, 6.07) is 7.58. The van der Waals surface area contributed by atoms with Crippen LogP contribution >= 0.6 is 0 Å². The number of rotatable bonds is 3. The average molecular weight is 215 g/mol. The third-order valence-electron chi connectivity index (χ3n) is 2.23. The first-order valence-electron chi connectivity index (χ1n) is 5.00. The standard InChI is InChI=1S/C12H13N3O/c1-15(2)8-7-11(16)12-9-5-3-4-6-10(9)13-14-12/h3-8H,1-2H3,(H,13,14). The van der Waals surface area contributed by atoms with Crippen molar-refractivity contribution in [1.29, 1.82) is 0 Å². The zero-order valence-electron chi connectivity index (χ0n) is 9.27. The first-order chi connectivity index (χ1) is 7.68. The van der Waals surface area contributed by atoms with Gasteiger partial charge in [-0.2, -0.15) is 5.10 Å². The molecule has 16 heavy (non-hydrogen) atoms. The molecule has 82 valence electrons. The molecule has 4 heteroatoms. The minimum absolute atomic E-state index is 0.0915. The van der Waals surface area contributed by atoms with E-state index in [1.54, 1.807) is 6.20 Å². The number of aromatic amines is 1. The van der Waals surface area contributed by atoms with Crippen molar-refractivity contribution < 1.29 is 4.79 Å². The lowest BCUT2D eigenvalue weighted by Gasteiger charge is -2.01. The van der Waals surface area contributed by atoms with Gasteiger partial charge in [0.25, 0.3) is 0 Å². The molecule has 1 N–H and O–H groups in total. The predicted molar refractivity (Wildman–Crippen MR) is 63.3 cm³/mol. The van der Waals surface area contributed by atoms with Gasteiger partial charge in [-0.15, -0.1) is 0 Å². The second-order valence-corrected chi connectivity index (χ2v) is 3.76. The van der Waals surface area contributed by atoms with Crippen molar-refractivity contribution >= 4 is 16.7 Å². The van der Waals surface area contributed by atoms with Crippen molar-refractivity contribution in [2.75, 3.05) is 14.1 Å². The molecule has 0 atom stereocenters. The quantitative estimate of drug-likeness (QED) is 0.627. The number of hydrogen-bond donors (Lipinski definition) is 1. The van der Waals surface area contributed by atoms with Crippen LogP contribution in [0.3, 0.4) is 0 Å². The van der Waals surface area contributed by atoms with E-state index in [1.165, 1.54) is 6.08 Å². The van der Waals surface area contributed by atoms with Gasteiger partial charge in [0, 0.05) is 31.8 Å². The van der Waals surface area contributed by atoms with Crippen LogP contribution in [0.1, 0.15) is 10.5 Å². The molecule has 2 rings (SSSR count). The lowest BCUT2D eigenvalue weighted by atomic mass is 10.1. The van der Waals surface area contributed by atoms with Crippen LogP contribution in [0.25, 0.3) is 10.9 Å². The maximum atomic E-state index is 11.8. The molecule has 0 unspecified atom stereocenters. The van der Waals surface area contributed by atoms with E-state index in [1.807, 2.05) is 43.3 Å². The van der Waals surface area contributed by atoms with Gasteiger partial charge in [0.15, 0.2) is 0 Å². The molecule has 1 aromatic heterocycles. The fourth-order valence-electron chi connectivity index (χ4n) is 1.45. The second-order valence-electron chi connectivity index (χ2n) is 3.76. The minimum atomic E-state index is -0.0915. The Bertz CT molecular complexity index is 540. The SMILES string of the molecule is CN(C)C=CC(=O)c1n[nH]c2ccccc12. The molecule has 1 aromatic carbocycles. The molecule has 0 fully saturated rings. The molecular weight excluding hydrogens is 202 g/mol. The summed E-state index contributed by atoms with van der Waals surface area (Å²) in [6.45, 7) is 0. The molecule has 0 amide bonds. The molecule has 0 aliphatic heterocycles. The van der Waals surface area contributed by atoms with Gasteiger partial charge >= 0.3 is 0 Å². The largest absolute Gasteiger partial charge is 0.383 e. The normalized spacial score (nSPS) is 11.1. The lowest BCUT2D eigenvalue weighted by molar-refractivity contribution is 0.104. The smallest absolute Gasteiger partial charge is 0.208 e. The molecule has 0 bridgehead atoms. The van der Waals surface area contributed by atoms with E-state index in [0.717, 1.165) is 10.9 Å². The van der Waals surface area contributed by atoms with Crippen molar-refractivity contribution in [3.05, 3.63) is 42.2 Å². The third-order valence-corrected chi connectivity index (χ3v) is 2.23. The first-order valence-corrected chi connectivity index (χ1v) is 5.00. The summed E-state index contributed by atoms with van der Waals surface area (Å²) in [4.78, 5) is 13.6. The Balaban J connectivity index is 2.37. The van der Waals surface area contributed by atoms with E-state index in [9.17, 15) is 4.79 Å². The maximum Gasteiger partial charge on any atom is 0.208 e. The van der Waals surface area contributed by atoms with Crippen molar-refractivity contribution in [2.24, 2.45) is 0 Å². The second kappa shape index (κ2) is 4.18. The molecule has 0 spiro atoms. The van der Waals surface area contributed by atoms with Crippen LogP contribution in [-0.4, -0.2) is 35.0 Å². The van der Waals surface area contributed by atoms with Gasteiger partial charge in [-0.1, -0.05) is 18.2 Å². The fourth-order valence-corrected chi connectivity index (χ4v) is 1.45. The Morgan fingerprint density at radius 1 is 1.38 bits per heavy atom. The molecule has 0 saturated carbocycles. The summed E-state index contributed by atoms with van der Waals surface area (Å²) in [5.74, 6) is -0.0915. The molecule has 4 nitrogen and oxygen atoms in total. The van der Waals surface area contributed by atoms with Crippen molar-refractivity contribution in [3.63, 3.8) is 0 Å². The number of para-hydroxylation sites is 1. The van der Waals surface area contributed by atoms with E-state index in [4.69, 9.17) is 0 Å². The van der Waals surface area contributed by atoms with E-state index >= 15 is 0 Å². The number of allylic oxidation sites excluding steroid dienone is 1. The van der Waals surface area contributed by atoms with E-state index < -0.39 is 0 Å². The summed E-state index contributed by atoms with van der Waals surface area (Å²) in [6.07, 6.45) is 3.23. The summed E-state index contributed by atoms with van der Waals surface area (Å²) in [5.41, 5.74) is 1.35. The Morgan fingerprint density at radius 2 is 2.12 bits per heavy atom. The number of ketones is 1. The van der Waals surface area contributed by atoms with E-state index in [-0.39, 0.29) is 5.78 Å². The molecule has 0 saturated heterocycles. The number of hydrogen-bond acceptors (Lipinski definition) is 3. The van der Waals surface area contributed by atoms with Crippen LogP contribution in [0.5, 0.6) is 0 Å². The number of H-pyrrole nitrogens is 1. The summed E-state index contributed by atoms with van der Waals surface area (Å²) >= 11 is 0. The molecular formula is C12H13N3O. The van der Waals surface area contributed by atoms with Gasteiger partial charge in [0.05, 0.1) is 5.52 Å². The molecule has 0 aliphatic carbocycles. The molecule has 1 heterocycles. The topological polar surface area (TPSA) is 49.0 Å². The maximum absolute atomic E-state index is 11.8. The minimum Gasteiger partial charge on any atom is -0.383 e. The first kappa shape index (κ1) is 10.4. The van der Waals surface area contributed by atoms with Crippen LogP contribution < -0.4 is 0 Å². The highest BCUT2D eigenvalue weighted by Gasteiger charge is 2.10. The zero-order chi connectivity index (χ0) is 11.5. The van der Waals surface area contributed by atoms with Gasteiger partial charge in [-0.05, 0) is 6.07 Å². The monoisotopic (exact) mass is 215 g/mol. The lowest BCUT2D eigenvalue weighted by Crippen LogP contribution is -2.03. The molecule has 0 radical (unpaired) electrons. The highest BCUT2D eigenvalue weighted by Crippen LogP contribution is 2.15. The van der Waals surface area contributed by atoms with Gasteiger partial charge < -0.3 is 4.90 Å². The van der Waals surface area contributed by atoms with Crippen molar-refractivity contribution in [2.45, 2.75) is 0 Å².